The number of esters is 2. The Bertz CT molecular complexity index is 1560. The van der Waals surface area contributed by atoms with E-state index >= 15 is 0 Å². The third-order valence-corrected chi connectivity index (χ3v) is 12.9. The number of ether oxygens (including phenoxy) is 2. The fourth-order valence-corrected chi connectivity index (χ4v) is 9.91. The summed E-state index contributed by atoms with van der Waals surface area (Å²) in [6.07, 6.45) is 30.3. The molecule has 4 heteroatoms. The molecule has 2 aliphatic carbocycles. The summed E-state index contributed by atoms with van der Waals surface area (Å²) >= 11 is 0. The molecule has 0 aromatic heterocycles. The van der Waals surface area contributed by atoms with E-state index in [0.717, 1.165) is 53.5 Å². The number of rotatable bonds is 29. The molecule has 1 unspecified atom stereocenters. The molecule has 0 N–H and O–H groups in total. The predicted molar refractivity (Wildman–Crippen MR) is 233 cm³/mol. The zero-order chi connectivity index (χ0) is 39.3. The molecule has 0 spiro atoms. The van der Waals surface area contributed by atoms with Crippen molar-refractivity contribution in [2.75, 3.05) is 13.2 Å². The van der Waals surface area contributed by atoms with E-state index in [9.17, 15) is 9.59 Å². The Morgan fingerprint density at radius 1 is 0.464 bits per heavy atom. The second kappa shape index (κ2) is 24.4. The summed E-state index contributed by atoms with van der Waals surface area (Å²) in [7, 11) is 0. The van der Waals surface area contributed by atoms with Gasteiger partial charge in [-0.05, 0) is 40.7 Å². The lowest BCUT2D eigenvalue weighted by molar-refractivity contribution is -0.172. The molecule has 3 aromatic rings. The summed E-state index contributed by atoms with van der Waals surface area (Å²) in [5, 5.41) is 0. The minimum atomic E-state index is -1.01. The van der Waals surface area contributed by atoms with Crippen LogP contribution < -0.4 is 0 Å². The van der Waals surface area contributed by atoms with Crippen LogP contribution in [0, 0.1) is 5.92 Å². The lowest BCUT2D eigenvalue weighted by Crippen LogP contribution is -2.65. The monoisotopic (exact) mass is 763 g/mol. The summed E-state index contributed by atoms with van der Waals surface area (Å²) in [4.78, 5) is 29.3. The molecule has 1 saturated carbocycles. The van der Waals surface area contributed by atoms with Crippen LogP contribution in [0.25, 0.3) is 11.1 Å². The molecule has 0 saturated heterocycles. The molecular formula is C52H74O4. The maximum absolute atomic E-state index is 14.9. The summed E-state index contributed by atoms with van der Waals surface area (Å²) in [5.74, 6) is -1.62. The van der Waals surface area contributed by atoms with Crippen LogP contribution in [0.5, 0.6) is 0 Å². The van der Waals surface area contributed by atoms with Crippen molar-refractivity contribution >= 4 is 11.9 Å². The smallest absolute Gasteiger partial charge is 0.317 e. The highest BCUT2D eigenvalue weighted by Gasteiger charge is 2.73. The zero-order valence-electron chi connectivity index (χ0n) is 35.3. The maximum atomic E-state index is 14.9. The lowest BCUT2D eigenvalue weighted by atomic mass is 9.39. The van der Waals surface area contributed by atoms with E-state index in [1.54, 1.807) is 0 Å². The van der Waals surface area contributed by atoms with Gasteiger partial charge in [0, 0.05) is 11.8 Å². The predicted octanol–water partition coefficient (Wildman–Crippen LogP) is 14.6. The van der Waals surface area contributed by atoms with E-state index in [1.165, 1.54) is 128 Å². The largest absolute Gasteiger partial charge is 0.465 e. The molecule has 3 aromatic carbocycles. The first-order valence-electron chi connectivity index (χ1n) is 23.2. The van der Waals surface area contributed by atoms with Crippen molar-refractivity contribution in [2.45, 2.75) is 185 Å². The van der Waals surface area contributed by atoms with Gasteiger partial charge in [0.25, 0.3) is 0 Å². The van der Waals surface area contributed by atoms with Gasteiger partial charge in [0.05, 0.1) is 19.1 Å². The molecule has 5 rings (SSSR count). The van der Waals surface area contributed by atoms with Crippen molar-refractivity contribution in [1.29, 1.82) is 0 Å². The summed E-state index contributed by atoms with van der Waals surface area (Å²) in [5.41, 5.74) is 4.17. The van der Waals surface area contributed by atoms with E-state index in [0.29, 0.717) is 13.2 Å². The first-order chi connectivity index (χ1) is 27.7. The van der Waals surface area contributed by atoms with E-state index in [4.69, 9.17) is 9.47 Å². The van der Waals surface area contributed by atoms with Crippen LogP contribution in [0.2, 0.25) is 0 Å². The molecular weight excluding hydrogens is 689 g/mol. The third kappa shape index (κ3) is 11.4. The molecule has 0 bridgehead atoms. The Balaban J connectivity index is 1.21. The fraction of sp³-hybridized carbons (Fsp3) is 0.615. The number of unbranched alkanes of at least 4 members (excludes halogenated alkanes) is 22. The second-order valence-corrected chi connectivity index (χ2v) is 17.0. The van der Waals surface area contributed by atoms with Gasteiger partial charge in [-0.15, -0.1) is 0 Å². The molecule has 56 heavy (non-hydrogen) atoms. The van der Waals surface area contributed by atoms with Gasteiger partial charge in [-0.1, -0.05) is 234 Å². The van der Waals surface area contributed by atoms with E-state index in [2.05, 4.69) is 62.4 Å². The number of hydrogen-bond acceptors (Lipinski definition) is 4. The highest BCUT2D eigenvalue weighted by atomic mass is 16.5. The Morgan fingerprint density at radius 3 is 1.43 bits per heavy atom. The van der Waals surface area contributed by atoms with Gasteiger partial charge in [0.15, 0.2) is 0 Å². The van der Waals surface area contributed by atoms with Crippen LogP contribution in [0.3, 0.4) is 0 Å². The lowest BCUT2D eigenvalue weighted by Gasteiger charge is -2.61. The maximum Gasteiger partial charge on any atom is 0.317 e. The number of benzene rings is 3. The standard InChI is InChI=1S/C52H74O4/c1-3-5-7-9-11-13-15-17-19-21-23-32-40-55-50(53)47-48(42-34-26-25-27-35-42)52(46-39-31-30-37-44(46)43-36-28-29-38-45(43)49(47)52)51(54)56-41-33-24-22-20-18-16-14-12-10-8-6-4-2/h25-31,34-39,47-49H,3-24,32-33,40-41H2,1-2H3/t47-,48+,49?,52-/m1/s1. The molecule has 1 fully saturated rings. The van der Waals surface area contributed by atoms with Crippen molar-refractivity contribution in [1.82, 2.24) is 0 Å². The average molecular weight is 763 g/mol. The normalized spacial score (nSPS) is 19.4. The van der Waals surface area contributed by atoms with Crippen molar-refractivity contribution in [3.05, 3.63) is 95.6 Å². The van der Waals surface area contributed by atoms with Gasteiger partial charge >= 0.3 is 11.9 Å². The highest BCUT2D eigenvalue weighted by Crippen LogP contribution is 2.71. The van der Waals surface area contributed by atoms with Crippen molar-refractivity contribution in [2.24, 2.45) is 5.92 Å². The second-order valence-electron chi connectivity index (χ2n) is 17.0. The van der Waals surface area contributed by atoms with E-state index < -0.39 is 11.3 Å². The molecule has 4 atom stereocenters. The summed E-state index contributed by atoms with van der Waals surface area (Å²) in [6.45, 7) is 5.38. The van der Waals surface area contributed by atoms with E-state index in [1.807, 2.05) is 30.3 Å². The van der Waals surface area contributed by atoms with Crippen LogP contribution in [0.4, 0.5) is 0 Å². The number of hydrogen-bond donors (Lipinski definition) is 0. The van der Waals surface area contributed by atoms with Gasteiger partial charge in [0.1, 0.15) is 5.41 Å². The Hall–Kier alpha value is -3.40. The molecule has 0 amide bonds. The van der Waals surface area contributed by atoms with Gasteiger partial charge in [-0.3, -0.25) is 9.59 Å². The van der Waals surface area contributed by atoms with Crippen LogP contribution in [0.1, 0.15) is 196 Å². The van der Waals surface area contributed by atoms with Crippen LogP contribution in [-0.2, 0) is 24.5 Å². The first-order valence-corrected chi connectivity index (χ1v) is 23.2. The topological polar surface area (TPSA) is 52.6 Å². The van der Waals surface area contributed by atoms with E-state index in [-0.39, 0.29) is 23.8 Å². The molecule has 4 nitrogen and oxygen atoms in total. The Morgan fingerprint density at radius 2 is 0.893 bits per heavy atom. The Labute approximate surface area is 340 Å². The van der Waals surface area contributed by atoms with Crippen LogP contribution in [0.15, 0.2) is 78.9 Å². The summed E-state index contributed by atoms with van der Waals surface area (Å²) in [6, 6.07) is 26.9. The van der Waals surface area contributed by atoms with Crippen molar-refractivity contribution < 1.29 is 19.1 Å². The van der Waals surface area contributed by atoms with Crippen LogP contribution >= 0.6 is 0 Å². The highest BCUT2D eigenvalue weighted by molar-refractivity contribution is 5.99. The van der Waals surface area contributed by atoms with Crippen molar-refractivity contribution in [3.8, 4) is 11.1 Å². The SMILES string of the molecule is CCCCCCCCCCCCCCOC(=O)[C@H]1C2c3ccccc3-c3ccccc3[C@@]2(C(=O)OCCCCCCCCCCCCCC)[C@H]1c1ccccc1. The molecule has 0 aliphatic heterocycles. The Kier molecular flexibility index (Phi) is 19.0. The van der Waals surface area contributed by atoms with Gasteiger partial charge < -0.3 is 9.47 Å². The van der Waals surface area contributed by atoms with Gasteiger partial charge in [0.2, 0.25) is 0 Å². The fourth-order valence-electron chi connectivity index (χ4n) is 9.91. The van der Waals surface area contributed by atoms with Crippen LogP contribution in [-0.4, -0.2) is 25.2 Å². The zero-order valence-corrected chi connectivity index (χ0v) is 35.3. The summed E-state index contributed by atoms with van der Waals surface area (Å²) < 4.78 is 12.5. The molecule has 2 aliphatic rings. The number of carbonyl (C=O) groups is 2. The third-order valence-electron chi connectivity index (χ3n) is 12.9. The van der Waals surface area contributed by atoms with Crippen molar-refractivity contribution in [3.63, 3.8) is 0 Å². The van der Waals surface area contributed by atoms with Gasteiger partial charge in [-0.2, -0.15) is 0 Å². The number of fused-ring (bicyclic) bond motifs is 6. The minimum Gasteiger partial charge on any atom is -0.465 e. The minimum absolute atomic E-state index is 0.189. The molecule has 306 valence electrons. The number of carbonyl (C=O) groups excluding carboxylic acids is 2. The quantitative estimate of drug-likeness (QED) is 0.0522. The first kappa shape index (κ1) is 43.7. The molecule has 0 heterocycles. The average Bonchev–Trinajstić information content (AvgIpc) is 3.22. The molecule has 0 radical (unpaired) electrons. The van der Waals surface area contributed by atoms with Gasteiger partial charge in [-0.25, -0.2) is 0 Å².